The number of carbonyl (C=O) groups excluding carboxylic acids is 1. The first-order valence-corrected chi connectivity index (χ1v) is 6.62. The van der Waals surface area contributed by atoms with Crippen molar-refractivity contribution in [2.75, 3.05) is 5.32 Å². The molecular weight excluding hydrogens is 335 g/mol. The van der Waals surface area contributed by atoms with Crippen LogP contribution in [0.1, 0.15) is 10.4 Å². The van der Waals surface area contributed by atoms with E-state index in [-0.39, 0.29) is 20.7 Å². The van der Waals surface area contributed by atoms with E-state index >= 15 is 0 Å². The van der Waals surface area contributed by atoms with E-state index in [9.17, 15) is 13.6 Å². The molecule has 2 rings (SSSR count). The Balaban J connectivity index is 2.35. The number of amides is 1. The van der Waals surface area contributed by atoms with E-state index in [0.29, 0.717) is 0 Å². The first kappa shape index (κ1) is 14.9. The number of ether oxygens (including phenoxy) is 1. The van der Waals surface area contributed by atoms with Gasteiger partial charge in [0.1, 0.15) is 5.51 Å². The van der Waals surface area contributed by atoms with Crippen molar-refractivity contribution >= 4 is 45.6 Å². The van der Waals surface area contributed by atoms with Gasteiger partial charge in [0, 0.05) is 5.02 Å². The Labute approximate surface area is 125 Å². The fourth-order valence-electron chi connectivity index (χ4n) is 1.33. The normalized spacial score (nSPS) is 10.7. The molecule has 0 saturated heterocycles. The molecule has 1 heterocycles. The fraction of sp³-hybridized carbons (Fsp3) is 0.100. The van der Waals surface area contributed by atoms with E-state index in [2.05, 4.69) is 20.3 Å². The predicted molar refractivity (Wildman–Crippen MR) is 71.0 cm³/mol. The van der Waals surface area contributed by atoms with Gasteiger partial charge in [0.05, 0.1) is 10.6 Å². The molecule has 0 bridgehead atoms. The van der Waals surface area contributed by atoms with Crippen molar-refractivity contribution in [1.29, 1.82) is 0 Å². The number of benzene rings is 1. The number of nitrogens with zero attached hydrogens (tertiary/aromatic N) is 2. The number of anilines is 1. The highest BCUT2D eigenvalue weighted by Crippen LogP contribution is 2.34. The van der Waals surface area contributed by atoms with E-state index in [1.54, 1.807) is 0 Å². The number of rotatable bonds is 4. The molecule has 0 atom stereocenters. The van der Waals surface area contributed by atoms with Crippen LogP contribution in [0, 0.1) is 0 Å². The van der Waals surface area contributed by atoms with Crippen LogP contribution in [0.15, 0.2) is 17.6 Å². The molecule has 10 heteroatoms. The molecule has 1 aromatic carbocycles. The van der Waals surface area contributed by atoms with Crippen molar-refractivity contribution in [3.05, 3.63) is 33.3 Å². The summed E-state index contributed by atoms with van der Waals surface area (Å²) in [5.74, 6) is -1.19. The maximum atomic E-state index is 12.4. The highest BCUT2D eigenvalue weighted by Gasteiger charge is 2.21. The molecule has 0 spiro atoms. The minimum Gasteiger partial charge on any atom is -0.432 e. The Hall–Kier alpha value is -1.51. The Morgan fingerprint density at radius 1 is 1.40 bits per heavy atom. The lowest BCUT2D eigenvalue weighted by atomic mass is 10.2. The molecule has 2 aromatic rings. The largest absolute Gasteiger partial charge is 0.432 e. The average molecular weight is 340 g/mol. The molecule has 1 aromatic heterocycles. The summed E-state index contributed by atoms with van der Waals surface area (Å²) in [6.45, 7) is -3.12. The number of aromatic nitrogens is 2. The van der Waals surface area contributed by atoms with Gasteiger partial charge in [0.2, 0.25) is 5.13 Å². The molecule has 1 amide bonds. The van der Waals surface area contributed by atoms with Gasteiger partial charge in [0.25, 0.3) is 5.91 Å². The zero-order valence-electron chi connectivity index (χ0n) is 9.44. The van der Waals surface area contributed by atoms with Crippen molar-refractivity contribution in [2.45, 2.75) is 6.61 Å². The zero-order chi connectivity index (χ0) is 14.7. The van der Waals surface area contributed by atoms with E-state index in [1.807, 2.05) is 0 Å². The van der Waals surface area contributed by atoms with Crippen LogP contribution in [0.25, 0.3) is 0 Å². The lowest BCUT2D eigenvalue weighted by molar-refractivity contribution is -0.0500. The van der Waals surface area contributed by atoms with Crippen LogP contribution >= 0.6 is 34.5 Å². The smallest absolute Gasteiger partial charge is 0.387 e. The molecule has 1 N–H and O–H groups in total. The van der Waals surface area contributed by atoms with Crippen molar-refractivity contribution in [3.63, 3.8) is 0 Å². The molecule has 0 radical (unpaired) electrons. The fourth-order valence-corrected chi connectivity index (χ4v) is 2.31. The molecule has 0 aliphatic rings. The van der Waals surface area contributed by atoms with Gasteiger partial charge < -0.3 is 4.74 Å². The summed E-state index contributed by atoms with van der Waals surface area (Å²) >= 11 is 12.6. The third-order valence-electron chi connectivity index (χ3n) is 2.04. The van der Waals surface area contributed by atoms with Crippen LogP contribution in [0.5, 0.6) is 5.75 Å². The Kier molecular flexibility index (Phi) is 4.69. The predicted octanol–water partition coefficient (Wildman–Crippen LogP) is 3.70. The first-order valence-electron chi connectivity index (χ1n) is 4.98. The van der Waals surface area contributed by atoms with Gasteiger partial charge >= 0.3 is 6.61 Å². The Bertz CT molecular complexity index is 625. The number of alkyl halides is 2. The summed E-state index contributed by atoms with van der Waals surface area (Å²) in [5, 5.41) is 9.61. The van der Waals surface area contributed by atoms with E-state index in [1.165, 1.54) is 17.6 Å². The second-order valence-corrected chi connectivity index (χ2v) is 5.02. The summed E-state index contributed by atoms with van der Waals surface area (Å²) < 4.78 is 29.0. The van der Waals surface area contributed by atoms with Gasteiger partial charge in [-0.3, -0.25) is 10.1 Å². The lowest BCUT2D eigenvalue weighted by Crippen LogP contribution is -2.15. The Morgan fingerprint density at radius 3 is 2.75 bits per heavy atom. The van der Waals surface area contributed by atoms with E-state index < -0.39 is 18.3 Å². The maximum Gasteiger partial charge on any atom is 0.387 e. The van der Waals surface area contributed by atoms with Crippen molar-refractivity contribution in [3.8, 4) is 5.75 Å². The second kappa shape index (κ2) is 6.29. The molecule has 0 saturated carbocycles. The monoisotopic (exact) mass is 339 g/mol. The highest BCUT2D eigenvalue weighted by atomic mass is 35.5. The second-order valence-electron chi connectivity index (χ2n) is 3.34. The molecule has 0 unspecified atom stereocenters. The molecule has 0 fully saturated rings. The van der Waals surface area contributed by atoms with Gasteiger partial charge in [-0.25, -0.2) is 0 Å². The van der Waals surface area contributed by atoms with Crippen LogP contribution in [0.2, 0.25) is 10.0 Å². The van der Waals surface area contributed by atoms with Crippen LogP contribution in [-0.2, 0) is 0 Å². The van der Waals surface area contributed by atoms with E-state index in [0.717, 1.165) is 11.3 Å². The van der Waals surface area contributed by atoms with Crippen LogP contribution in [0.3, 0.4) is 0 Å². The Morgan fingerprint density at radius 2 is 2.15 bits per heavy atom. The average Bonchev–Trinajstić information content (AvgIpc) is 2.84. The summed E-state index contributed by atoms with van der Waals surface area (Å²) in [5.41, 5.74) is 1.18. The minimum absolute atomic E-state index is 0.110. The number of hydrogen-bond donors (Lipinski definition) is 1. The van der Waals surface area contributed by atoms with Gasteiger partial charge in [-0.15, -0.1) is 10.2 Å². The topological polar surface area (TPSA) is 64.1 Å². The van der Waals surface area contributed by atoms with Crippen LogP contribution < -0.4 is 10.1 Å². The first-order chi connectivity index (χ1) is 9.47. The van der Waals surface area contributed by atoms with Crippen molar-refractivity contribution in [2.24, 2.45) is 0 Å². The molecular formula is C10H5Cl2F2N3O2S. The molecule has 0 aliphatic heterocycles. The molecule has 106 valence electrons. The summed E-state index contributed by atoms with van der Waals surface area (Å²) in [7, 11) is 0. The molecule has 0 aliphatic carbocycles. The third-order valence-corrected chi connectivity index (χ3v) is 3.15. The van der Waals surface area contributed by atoms with Crippen molar-refractivity contribution < 1.29 is 18.3 Å². The quantitative estimate of drug-likeness (QED) is 0.922. The number of hydrogen-bond acceptors (Lipinski definition) is 5. The summed E-state index contributed by atoms with van der Waals surface area (Å²) in [4.78, 5) is 12.0. The lowest BCUT2D eigenvalue weighted by Gasteiger charge is -2.12. The van der Waals surface area contributed by atoms with E-state index in [4.69, 9.17) is 23.2 Å². The molecule has 5 nitrogen and oxygen atoms in total. The number of nitrogens with one attached hydrogen (secondary N) is 1. The maximum absolute atomic E-state index is 12.4. The number of carbonyl (C=O) groups is 1. The van der Waals surface area contributed by atoms with Crippen molar-refractivity contribution in [1.82, 2.24) is 10.2 Å². The SMILES string of the molecule is O=C(Nc1nncs1)c1cc(Cl)cc(Cl)c1OC(F)F. The number of halogens is 4. The minimum atomic E-state index is -3.12. The van der Waals surface area contributed by atoms with Crippen LogP contribution in [0.4, 0.5) is 13.9 Å². The third kappa shape index (κ3) is 3.53. The van der Waals surface area contributed by atoms with Gasteiger partial charge in [-0.2, -0.15) is 8.78 Å². The van der Waals surface area contributed by atoms with Crippen LogP contribution in [-0.4, -0.2) is 22.7 Å². The summed E-state index contributed by atoms with van der Waals surface area (Å²) in [6, 6.07) is 2.37. The van der Waals surface area contributed by atoms with Gasteiger partial charge in [-0.1, -0.05) is 34.5 Å². The molecule has 20 heavy (non-hydrogen) atoms. The zero-order valence-corrected chi connectivity index (χ0v) is 11.8. The highest BCUT2D eigenvalue weighted by molar-refractivity contribution is 7.13. The van der Waals surface area contributed by atoms with Gasteiger partial charge in [0.15, 0.2) is 5.75 Å². The van der Waals surface area contributed by atoms with Gasteiger partial charge in [-0.05, 0) is 12.1 Å². The standard InChI is InChI=1S/C10H5Cl2F2N3O2S/c11-4-1-5(7(6(12)2-4)19-9(13)14)8(18)16-10-17-15-3-20-10/h1-3,9H,(H,16,17,18). The summed E-state index contributed by atoms with van der Waals surface area (Å²) in [6.07, 6.45) is 0.